The zero-order valence-electron chi connectivity index (χ0n) is 22.1. The topological polar surface area (TPSA) is 155 Å². The van der Waals surface area contributed by atoms with E-state index in [1.54, 1.807) is 30.3 Å². The van der Waals surface area contributed by atoms with Gasteiger partial charge < -0.3 is 35.9 Å². The van der Waals surface area contributed by atoms with Gasteiger partial charge in [-0.2, -0.15) is 0 Å². The fraction of sp³-hybridized carbons (Fsp3) is 0.500. The molecule has 6 N–H and O–H groups in total. The van der Waals surface area contributed by atoms with Crippen LogP contribution in [-0.4, -0.2) is 53.6 Å². The predicted molar refractivity (Wildman–Crippen MR) is 144 cm³/mol. The number of carbonyl (C=O) groups is 2. The van der Waals surface area contributed by atoms with Crippen molar-refractivity contribution in [3.63, 3.8) is 0 Å². The first kappa shape index (κ1) is 31.0. The van der Waals surface area contributed by atoms with E-state index in [0.717, 1.165) is 68.7 Å². The monoisotopic (exact) mass is 531 g/mol. The van der Waals surface area contributed by atoms with Crippen LogP contribution in [0.4, 0.5) is 10.5 Å². The second-order valence-corrected chi connectivity index (χ2v) is 9.14. The molecule has 0 saturated carbocycles. The first-order chi connectivity index (χ1) is 18.3. The minimum atomic E-state index is -0.862. The van der Waals surface area contributed by atoms with Crippen LogP contribution in [0, 0.1) is 0 Å². The molecule has 2 rings (SSSR count). The maximum Gasteiger partial charge on any atom is 0.352 e. The summed E-state index contributed by atoms with van der Waals surface area (Å²) >= 11 is 0. The van der Waals surface area contributed by atoms with Gasteiger partial charge in [0, 0.05) is 32.2 Å². The van der Waals surface area contributed by atoms with Gasteiger partial charge in [0.15, 0.2) is 0 Å². The molecule has 0 fully saturated rings. The normalized spacial score (nSPS) is 11.8. The van der Waals surface area contributed by atoms with Crippen molar-refractivity contribution in [2.45, 2.75) is 64.6 Å². The molecule has 0 spiro atoms. The zero-order valence-corrected chi connectivity index (χ0v) is 22.1. The highest BCUT2D eigenvalue weighted by molar-refractivity contribution is 5.90. The average Bonchev–Trinajstić information content (AvgIpc) is 2.90. The number of nitrogens with zero attached hydrogens (tertiary/aromatic N) is 1. The highest BCUT2D eigenvalue weighted by atomic mass is 16.7. The van der Waals surface area contributed by atoms with Gasteiger partial charge in [0.1, 0.15) is 5.75 Å². The Morgan fingerprint density at radius 3 is 2.50 bits per heavy atom. The van der Waals surface area contributed by atoms with Crippen molar-refractivity contribution in [3.8, 4) is 5.75 Å². The SMILES string of the molecule is CC(=O)ON(C(N)=O)c1cccc(CCCOCCCCCCCNC[C@H](O)c2ccc(O)c(CO)c2)c1. The van der Waals surface area contributed by atoms with Gasteiger partial charge in [-0.1, -0.05) is 37.5 Å². The molecule has 0 unspecified atom stereocenters. The summed E-state index contributed by atoms with van der Waals surface area (Å²) < 4.78 is 5.74. The van der Waals surface area contributed by atoms with E-state index >= 15 is 0 Å². The maximum atomic E-state index is 11.5. The number of aromatic hydroxyl groups is 1. The van der Waals surface area contributed by atoms with E-state index in [1.807, 2.05) is 6.07 Å². The number of rotatable bonds is 17. The molecule has 2 aromatic rings. The average molecular weight is 532 g/mol. The van der Waals surface area contributed by atoms with Gasteiger partial charge in [-0.15, -0.1) is 5.06 Å². The summed E-state index contributed by atoms with van der Waals surface area (Å²) in [6.45, 7) is 3.54. The number of hydrogen-bond acceptors (Lipinski definition) is 8. The Morgan fingerprint density at radius 2 is 1.76 bits per heavy atom. The van der Waals surface area contributed by atoms with Crippen molar-refractivity contribution in [2.24, 2.45) is 5.73 Å². The van der Waals surface area contributed by atoms with Crippen LogP contribution in [-0.2, 0) is 27.4 Å². The number of aliphatic hydroxyl groups excluding tert-OH is 2. The molecular formula is C28H41N3O7. The largest absolute Gasteiger partial charge is 0.508 e. The molecule has 0 bridgehead atoms. The van der Waals surface area contributed by atoms with Gasteiger partial charge in [-0.3, -0.25) is 0 Å². The molecule has 2 amide bonds. The van der Waals surface area contributed by atoms with Crippen LogP contribution < -0.4 is 16.1 Å². The van der Waals surface area contributed by atoms with Crippen LogP contribution >= 0.6 is 0 Å². The molecule has 10 nitrogen and oxygen atoms in total. The third-order valence-electron chi connectivity index (χ3n) is 5.96. The van der Waals surface area contributed by atoms with Crippen molar-refractivity contribution >= 4 is 17.7 Å². The second kappa shape index (κ2) is 17.4. The van der Waals surface area contributed by atoms with Gasteiger partial charge in [0.2, 0.25) is 0 Å². The van der Waals surface area contributed by atoms with E-state index < -0.39 is 18.1 Å². The van der Waals surface area contributed by atoms with Gasteiger partial charge in [-0.05, 0) is 67.6 Å². The molecule has 2 aromatic carbocycles. The lowest BCUT2D eigenvalue weighted by Crippen LogP contribution is -2.37. The lowest BCUT2D eigenvalue weighted by atomic mass is 10.1. The van der Waals surface area contributed by atoms with Crippen molar-refractivity contribution in [1.29, 1.82) is 0 Å². The Balaban J connectivity index is 1.48. The number of phenols is 1. The molecule has 38 heavy (non-hydrogen) atoms. The lowest BCUT2D eigenvalue weighted by Gasteiger charge is -2.18. The summed E-state index contributed by atoms with van der Waals surface area (Å²) in [5, 5.41) is 33.1. The van der Waals surface area contributed by atoms with E-state index in [-0.39, 0.29) is 12.4 Å². The Bertz CT molecular complexity index is 1000. The molecule has 0 aromatic heterocycles. The van der Waals surface area contributed by atoms with Crippen LogP contribution in [0.25, 0.3) is 0 Å². The number of hydroxylamine groups is 1. The van der Waals surface area contributed by atoms with E-state index in [1.165, 1.54) is 13.0 Å². The van der Waals surface area contributed by atoms with Crippen molar-refractivity contribution in [2.75, 3.05) is 31.4 Å². The summed E-state index contributed by atoms with van der Waals surface area (Å²) in [6, 6.07) is 11.0. The molecule has 0 aliphatic rings. The highest BCUT2D eigenvalue weighted by Crippen LogP contribution is 2.22. The number of amides is 2. The summed E-state index contributed by atoms with van der Waals surface area (Å²) in [4.78, 5) is 27.6. The maximum absolute atomic E-state index is 11.5. The van der Waals surface area contributed by atoms with E-state index in [2.05, 4.69) is 5.32 Å². The van der Waals surface area contributed by atoms with Crippen LogP contribution in [0.5, 0.6) is 5.75 Å². The summed E-state index contributed by atoms with van der Waals surface area (Å²) in [5.74, 6) is -0.597. The Morgan fingerprint density at radius 1 is 1.03 bits per heavy atom. The van der Waals surface area contributed by atoms with Crippen LogP contribution in [0.1, 0.15) is 68.2 Å². The van der Waals surface area contributed by atoms with Gasteiger partial charge in [0.05, 0.1) is 18.4 Å². The Kier molecular flexibility index (Phi) is 14.2. The van der Waals surface area contributed by atoms with Crippen LogP contribution in [0.3, 0.4) is 0 Å². The fourth-order valence-electron chi connectivity index (χ4n) is 3.95. The van der Waals surface area contributed by atoms with E-state index in [4.69, 9.17) is 15.3 Å². The predicted octanol–water partition coefficient (Wildman–Crippen LogP) is 3.47. The minimum Gasteiger partial charge on any atom is -0.508 e. The molecule has 0 saturated heterocycles. The number of nitrogens with one attached hydrogen (secondary N) is 1. The number of carbonyl (C=O) groups excluding carboxylic acids is 2. The van der Waals surface area contributed by atoms with Gasteiger partial charge >= 0.3 is 12.0 Å². The summed E-state index contributed by atoms with van der Waals surface area (Å²) in [5.41, 5.74) is 7.77. The van der Waals surface area contributed by atoms with Crippen LogP contribution in [0.15, 0.2) is 42.5 Å². The first-order valence-corrected chi connectivity index (χ1v) is 13.1. The fourth-order valence-corrected chi connectivity index (χ4v) is 3.95. The number of urea groups is 1. The number of nitrogens with two attached hydrogens (primary N) is 1. The molecule has 0 aliphatic carbocycles. The van der Waals surface area contributed by atoms with Gasteiger partial charge in [0.25, 0.3) is 0 Å². The van der Waals surface area contributed by atoms with Crippen molar-refractivity contribution < 1.29 is 34.5 Å². The molecule has 10 heteroatoms. The third kappa shape index (κ3) is 11.5. The second-order valence-electron chi connectivity index (χ2n) is 9.14. The summed E-state index contributed by atoms with van der Waals surface area (Å²) in [7, 11) is 0. The Hall–Kier alpha value is -3.18. The number of benzene rings is 2. The molecule has 0 heterocycles. The number of unbranched alkanes of at least 4 members (excludes halogenated alkanes) is 4. The van der Waals surface area contributed by atoms with Crippen LogP contribution in [0.2, 0.25) is 0 Å². The lowest BCUT2D eigenvalue weighted by molar-refractivity contribution is -0.141. The molecule has 0 radical (unpaired) electrons. The number of ether oxygens (including phenoxy) is 1. The summed E-state index contributed by atoms with van der Waals surface area (Å²) in [6.07, 6.45) is 6.25. The van der Waals surface area contributed by atoms with Gasteiger partial charge in [-0.25, -0.2) is 9.59 Å². The number of anilines is 1. The smallest absolute Gasteiger partial charge is 0.352 e. The molecular weight excluding hydrogens is 490 g/mol. The Labute approximate surface area is 224 Å². The number of aryl methyl sites for hydroxylation is 1. The number of aliphatic hydroxyl groups is 2. The third-order valence-corrected chi connectivity index (χ3v) is 5.96. The van der Waals surface area contributed by atoms with Crippen molar-refractivity contribution in [1.82, 2.24) is 5.32 Å². The zero-order chi connectivity index (χ0) is 27.8. The standard InChI is InChI=1S/C28H41N3O7/c1-21(33)38-31(28(29)36)25-11-7-9-22(17-25)10-8-16-37-15-6-4-2-3-5-14-30-19-27(35)23-12-13-26(34)24(18-23)20-32/h7,9,11-13,17-18,27,30,32,34-35H,2-6,8,10,14-16,19-20H2,1H3,(H2,29,36)/t27-/m0/s1. The van der Waals surface area contributed by atoms with Crippen molar-refractivity contribution in [3.05, 3.63) is 59.2 Å². The van der Waals surface area contributed by atoms with E-state index in [0.29, 0.717) is 30.0 Å². The highest BCUT2D eigenvalue weighted by Gasteiger charge is 2.16. The molecule has 0 aliphatic heterocycles. The quantitative estimate of drug-likeness (QED) is 0.154. The molecule has 210 valence electrons. The number of hydrogen-bond donors (Lipinski definition) is 5. The molecule has 1 atom stereocenters. The minimum absolute atomic E-state index is 0.0288. The first-order valence-electron chi connectivity index (χ1n) is 13.1. The van der Waals surface area contributed by atoms with E-state index in [9.17, 15) is 24.9 Å². The number of primary amides is 1.